The van der Waals surface area contributed by atoms with Gasteiger partial charge in [0, 0.05) is 59.0 Å². The molecule has 13 aromatic rings. The van der Waals surface area contributed by atoms with Gasteiger partial charge in [-0.2, -0.15) is 0 Å². The maximum absolute atomic E-state index is 2.49. The third-order valence-electron chi connectivity index (χ3n) is 13.6. The molecule has 0 saturated carbocycles. The van der Waals surface area contributed by atoms with Gasteiger partial charge >= 0.3 is 0 Å². The Labute approximate surface area is 405 Å². The Morgan fingerprint density at radius 3 is 1.57 bits per heavy atom. The molecule has 2 aromatic heterocycles. The maximum atomic E-state index is 2.49. The van der Waals surface area contributed by atoms with Gasteiger partial charge < -0.3 is 9.47 Å². The molecule has 0 aliphatic heterocycles. The fourth-order valence-electron chi connectivity index (χ4n) is 10.5. The average Bonchev–Trinajstić information content (AvgIpc) is 3.98. The molecular weight excluding hydrogens is 853 g/mol. The van der Waals surface area contributed by atoms with Crippen LogP contribution in [0, 0.1) is 0 Å². The van der Waals surface area contributed by atoms with Crippen LogP contribution in [0.5, 0.6) is 0 Å². The van der Waals surface area contributed by atoms with Crippen LogP contribution in [0.3, 0.4) is 0 Å². The van der Waals surface area contributed by atoms with Crippen molar-refractivity contribution in [3.63, 3.8) is 0 Å². The molecule has 0 atom stereocenters. The van der Waals surface area contributed by atoms with Gasteiger partial charge in [-0.15, -0.1) is 11.3 Å². The number of para-hydroxylation sites is 3. The molecule has 0 N–H and O–H groups in total. The molecule has 0 fully saturated rings. The van der Waals surface area contributed by atoms with Gasteiger partial charge in [0.15, 0.2) is 0 Å². The molecule has 2 heterocycles. The van der Waals surface area contributed by atoms with Crippen molar-refractivity contribution in [2.75, 3.05) is 4.90 Å². The fourth-order valence-corrected chi connectivity index (χ4v) is 11.8. The monoisotopic (exact) mass is 896 g/mol. The van der Waals surface area contributed by atoms with Crippen LogP contribution in [0.4, 0.5) is 17.1 Å². The van der Waals surface area contributed by atoms with Crippen LogP contribution in [-0.2, 0) is 0 Å². The van der Waals surface area contributed by atoms with Crippen LogP contribution < -0.4 is 4.90 Å². The van der Waals surface area contributed by atoms with E-state index in [1.165, 1.54) is 81.0 Å². The maximum Gasteiger partial charge on any atom is 0.0562 e. The molecule has 69 heavy (non-hydrogen) atoms. The summed E-state index contributed by atoms with van der Waals surface area (Å²) in [5, 5.41) is 5.03. The van der Waals surface area contributed by atoms with Crippen molar-refractivity contribution < 1.29 is 0 Å². The van der Waals surface area contributed by atoms with Crippen LogP contribution in [0.25, 0.3) is 103 Å². The van der Waals surface area contributed by atoms with Gasteiger partial charge in [0.2, 0.25) is 0 Å². The van der Waals surface area contributed by atoms with Gasteiger partial charge in [0.05, 0.1) is 22.4 Å². The van der Waals surface area contributed by atoms with E-state index in [4.69, 9.17) is 0 Å². The zero-order chi connectivity index (χ0) is 45.7. The Balaban J connectivity index is 1.06. The summed E-state index contributed by atoms with van der Waals surface area (Å²) >= 11 is 1.88. The summed E-state index contributed by atoms with van der Waals surface area (Å²) in [6, 6.07) is 97.5. The third-order valence-corrected chi connectivity index (χ3v) is 14.9. The summed E-state index contributed by atoms with van der Waals surface area (Å²) in [6.45, 7) is 0. The van der Waals surface area contributed by atoms with Gasteiger partial charge in [-0.3, -0.25) is 0 Å². The molecule has 0 bridgehead atoms. The molecule has 2 nitrogen and oxygen atoms in total. The first-order chi connectivity index (χ1) is 34.3. The minimum absolute atomic E-state index is 1.07. The lowest BCUT2D eigenvalue weighted by atomic mass is 9.89. The number of hydrogen-bond acceptors (Lipinski definition) is 2. The highest BCUT2D eigenvalue weighted by molar-refractivity contribution is 7.26. The predicted molar refractivity (Wildman–Crippen MR) is 296 cm³/mol. The number of anilines is 3. The molecule has 0 spiro atoms. The minimum Gasteiger partial charge on any atom is -0.310 e. The second-order valence-electron chi connectivity index (χ2n) is 17.6. The molecule has 0 radical (unpaired) electrons. The van der Waals surface area contributed by atoms with Gasteiger partial charge in [-0.05, 0) is 93.5 Å². The van der Waals surface area contributed by atoms with Crippen molar-refractivity contribution in [3.8, 4) is 61.3 Å². The fraction of sp³-hybridized carbons (Fsp3) is 0. The molecule has 3 heteroatoms. The summed E-state index contributed by atoms with van der Waals surface area (Å²) in [7, 11) is 0. The number of benzene rings is 11. The highest BCUT2D eigenvalue weighted by atomic mass is 32.1. The molecule has 324 valence electrons. The standard InChI is InChI=1S/C66H44N2S/c1-4-21-45(22-5-1)50-27-10-11-29-52(50)47-39-42-63(60(43-47)53-30-13-12-28-51(53)46-23-6-2-7-24-46)67(48-25-8-3-9-26-48)49-40-41-56-54-31-14-17-36-61(54)68(64(56)44-49)62-37-18-15-32-55(62)58-34-20-35-59-57-33-16-19-38-65(57)69-66(58)59/h1-44H. The molecule has 13 rings (SSSR count). The topological polar surface area (TPSA) is 8.17 Å². The lowest BCUT2D eigenvalue weighted by molar-refractivity contribution is 1.18. The number of fused-ring (bicyclic) bond motifs is 6. The smallest absolute Gasteiger partial charge is 0.0562 e. The van der Waals surface area contributed by atoms with E-state index < -0.39 is 0 Å². The third kappa shape index (κ3) is 7.02. The Bertz CT molecular complexity index is 4020. The second-order valence-corrected chi connectivity index (χ2v) is 18.6. The van der Waals surface area contributed by atoms with Gasteiger partial charge in [0.1, 0.15) is 0 Å². The zero-order valence-corrected chi connectivity index (χ0v) is 38.5. The number of rotatable bonds is 9. The van der Waals surface area contributed by atoms with Crippen LogP contribution in [0.15, 0.2) is 267 Å². The van der Waals surface area contributed by atoms with Crippen LogP contribution >= 0.6 is 11.3 Å². The SMILES string of the molecule is c1ccc(-c2ccccc2-c2ccc(N(c3ccccc3)c3ccc4c5ccccc5n(-c5ccccc5-c5cccc6c5sc5ccccc56)c4c3)c(-c3ccccc3-c3ccccc3)c2)cc1. The highest BCUT2D eigenvalue weighted by Gasteiger charge is 2.24. The molecular formula is C66H44N2S. The lowest BCUT2D eigenvalue weighted by Gasteiger charge is -2.29. The Kier molecular flexibility index (Phi) is 10.1. The van der Waals surface area contributed by atoms with Crippen LogP contribution in [-0.4, -0.2) is 4.57 Å². The van der Waals surface area contributed by atoms with Crippen LogP contribution in [0.1, 0.15) is 0 Å². The minimum atomic E-state index is 1.07. The van der Waals surface area contributed by atoms with E-state index in [0.29, 0.717) is 0 Å². The molecule has 0 unspecified atom stereocenters. The quantitative estimate of drug-likeness (QED) is 0.140. The van der Waals surface area contributed by atoms with Crippen molar-refractivity contribution in [2.45, 2.75) is 0 Å². The Hall–Kier alpha value is -8.76. The summed E-state index contributed by atoms with van der Waals surface area (Å²) in [4.78, 5) is 2.45. The molecule has 0 amide bonds. The van der Waals surface area contributed by atoms with E-state index in [0.717, 1.165) is 39.4 Å². The largest absolute Gasteiger partial charge is 0.310 e. The zero-order valence-electron chi connectivity index (χ0n) is 37.7. The van der Waals surface area contributed by atoms with Gasteiger partial charge in [-0.1, -0.05) is 212 Å². The van der Waals surface area contributed by atoms with E-state index >= 15 is 0 Å². The van der Waals surface area contributed by atoms with Crippen molar-refractivity contribution in [3.05, 3.63) is 267 Å². The van der Waals surface area contributed by atoms with E-state index in [2.05, 4.69) is 276 Å². The van der Waals surface area contributed by atoms with Crippen molar-refractivity contribution in [2.24, 2.45) is 0 Å². The first-order valence-electron chi connectivity index (χ1n) is 23.6. The molecule has 11 aromatic carbocycles. The first kappa shape index (κ1) is 40.5. The highest BCUT2D eigenvalue weighted by Crippen LogP contribution is 2.48. The number of hydrogen-bond donors (Lipinski definition) is 0. The van der Waals surface area contributed by atoms with E-state index in [9.17, 15) is 0 Å². The predicted octanol–water partition coefficient (Wildman–Crippen LogP) is 19.0. The molecule has 0 aliphatic carbocycles. The van der Waals surface area contributed by atoms with Crippen molar-refractivity contribution in [1.82, 2.24) is 4.57 Å². The molecule has 0 saturated heterocycles. The summed E-state index contributed by atoms with van der Waals surface area (Å²) < 4.78 is 5.11. The van der Waals surface area contributed by atoms with Crippen molar-refractivity contribution >= 4 is 70.4 Å². The number of nitrogens with zero attached hydrogens (tertiary/aromatic N) is 2. The van der Waals surface area contributed by atoms with E-state index in [1.54, 1.807) is 0 Å². The molecule has 0 aliphatic rings. The average molecular weight is 897 g/mol. The second kappa shape index (κ2) is 17.2. The van der Waals surface area contributed by atoms with E-state index in [1.807, 2.05) is 11.3 Å². The lowest BCUT2D eigenvalue weighted by Crippen LogP contribution is -2.11. The normalized spacial score (nSPS) is 11.5. The first-order valence-corrected chi connectivity index (χ1v) is 24.4. The van der Waals surface area contributed by atoms with Gasteiger partial charge in [-0.25, -0.2) is 0 Å². The van der Waals surface area contributed by atoms with E-state index in [-0.39, 0.29) is 0 Å². The summed E-state index contributed by atoms with van der Waals surface area (Å²) in [5.41, 5.74) is 18.6. The number of thiophene rings is 1. The number of aromatic nitrogens is 1. The van der Waals surface area contributed by atoms with Crippen LogP contribution in [0.2, 0.25) is 0 Å². The summed E-state index contributed by atoms with van der Waals surface area (Å²) in [6.07, 6.45) is 0. The van der Waals surface area contributed by atoms with Crippen molar-refractivity contribution in [1.29, 1.82) is 0 Å². The van der Waals surface area contributed by atoms with Gasteiger partial charge in [0.25, 0.3) is 0 Å². The Morgan fingerprint density at radius 1 is 0.290 bits per heavy atom. The Morgan fingerprint density at radius 2 is 0.826 bits per heavy atom. The summed E-state index contributed by atoms with van der Waals surface area (Å²) in [5.74, 6) is 0.